The SMILES string of the molecule is CCC1COC(c2ccc3c(c2)OCO3)CN1. The Kier molecular flexibility index (Phi) is 2.91. The summed E-state index contributed by atoms with van der Waals surface area (Å²) < 4.78 is 16.5. The number of ether oxygens (including phenoxy) is 3. The van der Waals surface area contributed by atoms with E-state index >= 15 is 0 Å². The van der Waals surface area contributed by atoms with Gasteiger partial charge in [-0.2, -0.15) is 0 Å². The molecule has 1 fully saturated rings. The first-order chi connectivity index (χ1) is 8.36. The monoisotopic (exact) mass is 235 g/mol. The van der Waals surface area contributed by atoms with Crippen molar-refractivity contribution < 1.29 is 14.2 Å². The summed E-state index contributed by atoms with van der Waals surface area (Å²) >= 11 is 0. The van der Waals surface area contributed by atoms with Crippen LogP contribution in [-0.2, 0) is 4.74 Å². The molecule has 0 aromatic heterocycles. The summed E-state index contributed by atoms with van der Waals surface area (Å²) in [7, 11) is 0. The summed E-state index contributed by atoms with van der Waals surface area (Å²) in [5.41, 5.74) is 1.15. The maximum atomic E-state index is 5.87. The van der Waals surface area contributed by atoms with Gasteiger partial charge in [0, 0.05) is 12.6 Å². The van der Waals surface area contributed by atoms with Gasteiger partial charge in [-0.25, -0.2) is 0 Å². The fraction of sp³-hybridized carbons (Fsp3) is 0.538. The summed E-state index contributed by atoms with van der Waals surface area (Å²) in [6, 6.07) is 6.50. The molecule has 2 atom stereocenters. The summed E-state index contributed by atoms with van der Waals surface area (Å²) in [6.45, 7) is 4.12. The highest BCUT2D eigenvalue weighted by Crippen LogP contribution is 2.35. The minimum absolute atomic E-state index is 0.118. The fourth-order valence-electron chi connectivity index (χ4n) is 2.21. The normalized spacial score (nSPS) is 27.1. The first-order valence-electron chi connectivity index (χ1n) is 6.11. The zero-order chi connectivity index (χ0) is 11.7. The van der Waals surface area contributed by atoms with Crippen LogP contribution in [0, 0.1) is 0 Å². The van der Waals surface area contributed by atoms with E-state index in [9.17, 15) is 0 Å². The van der Waals surface area contributed by atoms with Crippen LogP contribution in [0.1, 0.15) is 25.0 Å². The Labute approximate surface area is 101 Å². The van der Waals surface area contributed by atoms with Gasteiger partial charge in [0.15, 0.2) is 11.5 Å². The lowest BCUT2D eigenvalue weighted by Crippen LogP contribution is -2.42. The molecule has 0 amide bonds. The third kappa shape index (κ3) is 2.10. The molecule has 0 radical (unpaired) electrons. The van der Waals surface area contributed by atoms with Crippen molar-refractivity contribution in [3.05, 3.63) is 23.8 Å². The molecular formula is C13H17NO3. The van der Waals surface area contributed by atoms with Gasteiger partial charge in [0.25, 0.3) is 0 Å². The summed E-state index contributed by atoms with van der Waals surface area (Å²) in [5.74, 6) is 1.65. The molecule has 17 heavy (non-hydrogen) atoms. The molecule has 92 valence electrons. The first kappa shape index (κ1) is 10.9. The van der Waals surface area contributed by atoms with Crippen molar-refractivity contribution in [2.45, 2.75) is 25.5 Å². The number of morpholine rings is 1. The minimum Gasteiger partial charge on any atom is -0.454 e. The van der Waals surface area contributed by atoms with Crippen LogP contribution in [0.4, 0.5) is 0 Å². The van der Waals surface area contributed by atoms with E-state index in [0.717, 1.165) is 36.6 Å². The van der Waals surface area contributed by atoms with Gasteiger partial charge >= 0.3 is 0 Å². The number of hydrogen-bond acceptors (Lipinski definition) is 4. The highest BCUT2D eigenvalue weighted by molar-refractivity contribution is 5.45. The van der Waals surface area contributed by atoms with Gasteiger partial charge in [-0.05, 0) is 24.1 Å². The Morgan fingerprint density at radius 1 is 1.29 bits per heavy atom. The molecule has 4 nitrogen and oxygen atoms in total. The number of hydrogen-bond donors (Lipinski definition) is 1. The lowest BCUT2D eigenvalue weighted by molar-refractivity contribution is 0.00215. The smallest absolute Gasteiger partial charge is 0.231 e. The van der Waals surface area contributed by atoms with Crippen molar-refractivity contribution in [3.8, 4) is 11.5 Å². The number of benzene rings is 1. The van der Waals surface area contributed by atoms with Crippen LogP contribution in [0.3, 0.4) is 0 Å². The third-order valence-electron chi connectivity index (χ3n) is 3.35. The number of rotatable bonds is 2. The van der Waals surface area contributed by atoms with Crippen molar-refractivity contribution in [2.75, 3.05) is 19.9 Å². The standard InChI is InChI=1S/C13H17NO3/c1-2-10-7-15-13(6-14-10)9-3-4-11-12(5-9)17-8-16-11/h3-5,10,13-14H,2,6-8H2,1H3. The van der Waals surface area contributed by atoms with E-state index in [0.29, 0.717) is 12.8 Å². The van der Waals surface area contributed by atoms with Crippen molar-refractivity contribution in [3.63, 3.8) is 0 Å². The summed E-state index contributed by atoms with van der Waals surface area (Å²) in [5, 5.41) is 3.49. The molecular weight excluding hydrogens is 218 g/mol. The van der Waals surface area contributed by atoms with Crippen molar-refractivity contribution in [2.24, 2.45) is 0 Å². The lowest BCUT2D eigenvalue weighted by atomic mass is 10.1. The van der Waals surface area contributed by atoms with Gasteiger partial charge in [-0.3, -0.25) is 0 Å². The molecule has 3 rings (SSSR count). The van der Waals surface area contributed by atoms with E-state index < -0.39 is 0 Å². The molecule has 4 heteroatoms. The number of fused-ring (bicyclic) bond motifs is 1. The third-order valence-corrected chi connectivity index (χ3v) is 3.35. The van der Waals surface area contributed by atoms with Crippen LogP contribution in [0.15, 0.2) is 18.2 Å². The maximum Gasteiger partial charge on any atom is 0.231 e. The average Bonchev–Trinajstić information content (AvgIpc) is 2.86. The largest absolute Gasteiger partial charge is 0.454 e. The highest BCUT2D eigenvalue weighted by Gasteiger charge is 2.23. The van der Waals surface area contributed by atoms with E-state index in [2.05, 4.69) is 12.2 Å². The molecule has 1 N–H and O–H groups in total. The van der Waals surface area contributed by atoms with Gasteiger partial charge in [-0.1, -0.05) is 13.0 Å². The van der Waals surface area contributed by atoms with Crippen LogP contribution in [0.25, 0.3) is 0 Å². The van der Waals surface area contributed by atoms with Gasteiger partial charge in [0.05, 0.1) is 12.7 Å². The van der Waals surface area contributed by atoms with Crippen LogP contribution in [0.5, 0.6) is 11.5 Å². The van der Waals surface area contributed by atoms with Crippen LogP contribution in [0.2, 0.25) is 0 Å². The Balaban J connectivity index is 1.72. The van der Waals surface area contributed by atoms with Gasteiger partial charge in [0.2, 0.25) is 6.79 Å². The van der Waals surface area contributed by atoms with Crippen LogP contribution < -0.4 is 14.8 Å². The Hall–Kier alpha value is -1.26. The molecule has 2 aliphatic rings. The second-order valence-corrected chi connectivity index (χ2v) is 4.45. The Morgan fingerprint density at radius 3 is 2.94 bits per heavy atom. The first-order valence-corrected chi connectivity index (χ1v) is 6.11. The van der Waals surface area contributed by atoms with Crippen molar-refractivity contribution in [1.82, 2.24) is 5.32 Å². The second kappa shape index (κ2) is 4.55. The van der Waals surface area contributed by atoms with E-state index in [-0.39, 0.29) is 6.10 Å². The fourth-order valence-corrected chi connectivity index (χ4v) is 2.21. The summed E-state index contributed by atoms with van der Waals surface area (Å²) in [6.07, 6.45) is 1.22. The predicted octanol–water partition coefficient (Wildman–Crippen LogP) is 1.85. The molecule has 0 aliphatic carbocycles. The topological polar surface area (TPSA) is 39.7 Å². The molecule has 0 bridgehead atoms. The number of nitrogens with one attached hydrogen (secondary N) is 1. The molecule has 2 heterocycles. The van der Waals surface area contributed by atoms with Gasteiger partial charge in [0.1, 0.15) is 0 Å². The molecule has 2 aliphatic heterocycles. The van der Waals surface area contributed by atoms with Crippen LogP contribution >= 0.6 is 0 Å². The average molecular weight is 235 g/mol. The zero-order valence-electron chi connectivity index (χ0n) is 9.94. The van der Waals surface area contributed by atoms with Crippen LogP contribution in [-0.4, -0.2) is 26.0 Å². The minimum atomic E-state index is 0.118. The van der Waals surface area contributed by atoms with Gasteiger partial charge in [-0.15, -0.1) is 0 Å². The molecule has 0 spiro atoms. The van der Waals surface area contributed by atoms with E-state index in [4.69, 9.17) is 14.2 Å². The van der Waals surface area contributed by atoms with Gasteiger partial charge < -0.3 is 19.5 Å². The molecule has 1 aromatic rings. The Morgan fingerprint density at radius 2 is 2.18 bits per heavy atom. The van der Waals surface area contributed by atoms with E-state index in [1.54, 1.807) is 0 Å². The quantitative estimate of drug-likeness (QED) is 0.849. The van der Waals surface area contributed by atoms with E-state index in [1.807, 2.05) is 18.2 Å². The zero-order valence-corrected chi connectivity index (χ0v) is 9.94. The second-order valence-electron chi connectivity index (χ2n) is 4.45. The molecule has 1 saturated heterocycles. The van der Waals surface area contributed by atoms with Crippen molar-refractivity contribution in [1.29, 1.82) is 0 Å². The lowest BCUT2D eigenvalue weighted by Gasteiger charge is -2.30. The Bertz CT molecular complexity index is 400. The highest BCUT2D eigenvalue weighted by atomic mass is 16.7. The molecule has 2 unspecified atom stereocenters. The van der Waals surface area contributed by atoms with E-state index in [1.165, 1.54) is 0 Å². The summed E-state index contributed by atoms with van der Waals surface area (Å²) in [4.78, 5) is 0. The van der Waals surface area contributed by atoms with Crippen molar-refractivity contribution >= 4 is 0 Å². The molecule has 1 aromatic carbocycles. The predicted molar refractivity (Wildman–Crippen MR) is 63.3 cm³/mol. The molecule has 0 saturated carbocycles. The maximum absolute atomic E-state index is 5.87.